The zero-order valence-corrected chi connectivity index (χ0v) is 15.2. The van der Waals surface area contributed by atoms with Crippen molar-refractivity contribution < 1.29 is 9.59 Å². The van der Waals surface area contributed by atoms with Gasteiger partial charge in [0.1, 0.15) is 0 Å². The van der Waals surface area contributed by atoms with Gasteiger partial charge in [0, 0.05) is 22.9 Å². The Bertz CT molecular complexity index is 776. The number of amides is 2. The summed E-state index contributed by atoms with van der Waals surface area (Å²) in [4.78, 5) is 26.5. The molecule has 0 saturated heterocycles. The minimum absolute atomic E-state index is 0.00617. The maximum atomic E-state index is 12.5. The lowest BCUT2D eigenvalue weighted by Crippen LogP contribution is -2.29. The maximum absolute atomic E-state index is 12.5. The van der Waals surface area contributed by atoms with Crippen LogP contribution in [0.3, 0.4) is 0 Å². The van der Waals surface area contributed by atoms with Gasteiger partial charge in [-0.15, -0.1) is 0 Å². The molecule has 1 fully saturated rings. The molecular formula is C19H19BrN2O2. The van der Waals surface area contributed by atoms with Gasteiger partial charge in [0.15, 0.2) is 0 Å². The lowest BCUT2D eigenvalue weighted by atomic mass is 10.2. The molecule has 2 aromatic carbocycles. The van der Waals surface area contributed by atoms with Gasteiger partial charge in [-0.3, -0.25) is 9.59 Å². The first kappa shape index (κ1) is 16.7. The molecule has 0 spiro atoms. The van der Waals surface area contributed by atoms with Crippen molar-refractivity contribution in [2.24, 2.45) is 11.8 Å². The first-order valence-electron chi connectivity index (χ1n) is 7.87. The molecule has 2 aromatic rings. The number of nitrogens with one attached hydrogen (secondary N) is 1. The molecule has 2 atom stereocenters. The molecule has 1 N–H and O–H groups in total. The molecule has 0 heterocycles. The molecule has 3 rings (SSSR count). The maximum Gasteiger partial charge on any atom is 0.230 e. The molecule has 0 aromatic heterocycles. The van der Waals surface area contributed by atoms with Crippen molar-refractivity contribution in [2.75, 3.05) is 17.3 Å². The quantitative estimate of drug-likeness (QED) is 0.863. The van der Waals surface area contributed by atoms with Crippen LogP contribution >= 0.6 is 15.9 Å². The fourth-order valence-electron chi connectivity index (χ4n) is 2.74. The Morgan fingerprint density at radius 2 is 1.83 bits per heavy atom. The zero-order chi connectivity index (χ0) is 17.3. The van der Waals surface area contributed by atoms with Gasteiger partial charge in [-0.2, -0.15) is 0 Å². The van der Waals surface area contributed by atoms with Crippen LogP contribution in [0.5, 0.6) is 0 Å². The molecule has 1 saturated carbocycles. The van der Waals surface area contributed by atoms with E-state index < -0.39 is 0 Å². The van der Waals surface area contributed by atoms with E-state index in [1.165, 1.54) is 0 Å². The molecule has 5 heteroatoms. The predicted molar refractivity (Wildman–Crippen MR) is 99.0 cm³/mol. The molecular weight excluding hydrogens is 368 g/mol. The van der Waals surface area contributed by atoms with E-state index in [-0.39, 0.29) is 23.7 Å². The molecule has 0 bridgehead atoms. The highest BCUT2D eigenvalue weighted by Crippen LogP contribution is 2.41. The average Bonchev–Trinajstić information content (AvgIpc) is 3.38. The van der Waals surface area contributed by atoms with E-state index in [0.29, 0.717) is 6.42 Å². The third-order valence-corrected chi connectivity index (χ3v) is 5.23. The largest absolute Gasteiger partial charge is 0.326 e. The van der Waals surface area contributed by atoms with Crippen molar-refractivity contribution in [3.05, 3.63) is 58.6 Å². The van der Waals surface area contributed by atoms with Crippen LogP contribution in [0.15, 0.2) is 53.0 Å². The number of carbonyl (C=O) groups is 2. The second kappa shape index (κ2) is 6.77. The second-order valence-electron chi connectivity index (χ2n) is 6.13. The first-order chi connectivity index (χ1) is 11.5. The Kier molecular flexibility index (Phi) is 4.71. The van der Waals surface area contributed by atoms with Crippen LogP contribution < -0.4 is 10.2 Å². The molecule has 1 aliphatic carbocycles. The number of rotatable bonds is 4. The van der Waals surface area contributed by atoms with E-state index in [0.717, 1.165) is 21.4 Å². The molecule has 24 heavy (non-hydrogen) atoms. The smallest absolute Gasteiger partial charge is 0.230 e. The number of aryl methyl sites for hydroxylation is 1. The minimum Gasteiger partial charge on any atom is -0.326 e. The van der Waals surface area contributed by atoms with Crippen molar-refractivity contribution in [1.29, 1.82) is 0 Å². The molecule has 124 valence electrons. The monoisotopic (exact) mass is 386 g/mol. The lowest BCUT2D eigenvalue weighted by molar-refractivity contribution is -0.123. The summed E-state index contributed by atoms with van der Waals surface area (Å²) in [5, 5.41) is 2.90. The minimum atomic E-state index is -0.243. The third kappa shape index (κ3) is 3.51. The Labute approximate surface area is 150 Å². The van der Waals surface area contributed by atoms with Crippen molar-refractivity contribution >= 4 is 39.1 Å². The second-order valence-corrected chi connectivity index (χ2v) is 6.99. The zero-order valence-electron chi connectivity index (χ0n) is 13.6. The van der Waals surface area contributed by atoms with Crippen molar-refractivity contribution in [1.82, 2.24) is 0 Å². The van der Waals surface area contributed by atoms with Gasteiger partial charge in [-0.1, -0.05) is 34.1 Å². The molecule has 0 radical (unpaired) electrons. The van der Waals surface area contributed by atoms with E-state index in [1.54, 1.807) is 11.9 Å². The summed E-state index contributed by atoms with van der Waals surface area (Å²) in [5.74, 6) is -0.566. The number of halogens is 1. The fourth-order valence-corrected chi connectivity index (χ4v) is 2.99. The summed E-state index contributed by atoms with van der Waals surface area (Å²) in [6.45, 7) is 1.97. The molecule has 2 amide bonds. The molecule has 2 unspecified atom stereocenters. The fraction of sp³-hybridized carbons (Fsp3) is 0.263. The Balaban J connectivity index is 1.61. The van der Waals surface area contributed by atoms with Crippen LogP contribution in [0, 0.1) is 18.8 Å². The van der Waals surface area contributed by atoms with Crippen LogP contribution in [0.4, 0.5) is 11.4 Å². The van der Waals surface area contributed by atoms with E-state index in [2.05, 4.69) is 21.2 Å². The molecule has 0 aliphatic heterocycles. The number of carbonyl (C=O) groups excluding carboxylic acids is 2. The Morgan fingerprint density at radius 1 is 1.12 bits per heavy atom. The number of nitrogens with zero attached hydrogens (tertiary/aromatic N) is 1. The highest BCUT2D eigenvalue weighted by Gasteiger charge is 2.49. The lowest BCUT2D eigenvalue weighted by Gasteiger charge is -2.17. The van der Waals surface area contributed by atoms with Gasteiger partial charge in [0.05, 0.1) is 11.8 Å². The summed E-state index contributed by atoms with van der Waals surface area (Å²) in [6.07, 6.45) is 0.608. The van der Waals surface area contributed by atoms with Crippen LogP contribution in [-0.4, -0.2) is 18.9 Å². The van der Waals surface area contributed by atoms with E-state index in [1.807, 2.05) is 55.5 Å². The number of anilines is 2. The third-order valence-electron chi connectivity index (χ3n) is 4.34. The van der Waals surface area contributed by atoms with E-state index in [9.17, 15) is 9.59 Å². The van der Waals surface area contributed by atoms with Crippen LogP contribution in [-0.2, 0) is 9.59 Å². The average molecular weight is 387 g/mol. The summed E-state index contributed by atoms with van der Waals surface area (Å²) < 4.78 is 1.00. The number of benzene rings is 2. The van der Waals surface area contributed by atoms with Crippen molar-refractivity contribution in [2.45, 2.75) is 13.3 Å². The van der Waals surface area contributed by atoms with E-state index >= 15 is 0 Å². The van der Waals surface area contributed by atoms with Crippen molar-refractivity contribution in [3.63, 3.8) is 0 Å². The summed E-state index contributed by atoms with van der Waals surface area (Å²) in [7, 11) is 1.75. The van der Waals surface area contributed by atoms with Gasteiger partial charge in [0.2, 0.25) is 11.8 Å². The standard InChI is InChI=1S/C19H19BrN2O2/c1-12-10-13(8-9-17(12)20)21-18(23)15-11-16(15)19(24)22(2)14-6-4-3-5-7-14/h3-10,15-16H,11H2,1-2H3,(H,21,23). The number of hydrogen-bond acceptors (Lipinski definition) is 2. The van der Waals surface area contributed by atoms with Crippen LogP contribution in [0.25, 0.3) is 0 Å². The normalized spacial score (nSPS) is 18.8. The topological polar surface area (TPSA) is 49.4 Å². The highest BCUT2D eigenvalue weighted by molar-refractivity contribution is 9.10. The van der Waals surface area contributed by atoms with Gasteiger partial charge in [-0.25, -0.2) is 0 Å². The van der Waals surface area contributed by atoms with E-state index in [4.69, 9.17) is 0 Å². The van der Waals surface area contributed by atoms with Crippen LogP contribution in [0.1, 0.15) is 12.0 Å². The SMILES string of the molecule is Cc1cc(NC(=O)C2CC2C(=O)N(C)c2ccccc2)ccc1Br. The summed E-state index contributed by atoms with van der Waals surface area (Å²) >= 11 is 3.44. The first-order valence-corrected chi connectivity index (χ1v) is 8.66. The summed E-state index contributed by atoms with van der Waals surface area (Å²) in [5.41, 5.74) is 2.66. The van der Waals surface area contributed by atoms with Gasteiger partial charge < -0.3 is 10.2 Å². The Hall–Kier alpha value is -2.14. The van der Waals surface area contributed by atoms with Gasteiger partial charge >= 0.3 is 0 Å². The van der Waals surface area contributed by atoms with Crippen LogP contribution in [0.2, 0.25) is 0 Å². The highest BCUT2D eigenvalue weighted by atomic mass is 79.9. The molecule has 1 aliphatic rings. The van der Waals surface area contributed by atoms with Crippen molar-refractivity contribution in [3.8, 4) is 0 Å². The summed E-state index contributed by atoms with van der Waals surface area (Å²) in [6, 6.07) is 15.2. The molecule has 4 nitrogen and oxygen atoms in total. The van der Waals surface area contributed by atoms with Gasteiger partial charge in [0.25, 0.3) is 0 Å². The Morgan fingerprint density at radius 3 is 2.50 bits per heavy atom. The predicted octanol–water partition coefficient (Wildman–Crippen LogP) is 4.00. The number of hydrogen-bond donors (Lipinski definition) is 1. The van der Waals surface area contributed by atoms with Gasteiger partial charge in [-0.05, 0) is 49.2 Å². The number of para-hydroxylation sites is 1.